The fourth-order valence-corrected chi connectivity index (χ4v) is 3.01. The third-order valence-corrected chi connectivity index (χ3v) is 3.92. The quantitative estimate of drug-likeness (QED) is 0.709. The van der Waals surface area contributed by atoms with Crippen LogP contribution in [0.15, 0.2) is 0 Å². The number of hydrogen-bond donors (Lipinski definition) is 1. The Morgan fingerprint density at radius 1 is 1.43 bits per heavy atom. The number of nitrogens with one attached hydrogen (secondary N) is 1. The summed E-state index contributed by atoms with van der Waals surface area (Å²) in [4.78, 5) is 0. The molecular formula is C8H18N2O3S. The van der Waals surface area contributed by atoms with Crippen LogP contribution in [0, 0.1) is 0 Å². The molecule has 0 bridgehead atoms. The molecule has 1 heterocycles. The van der Waals surface area contributed by atoms with E-state index in [9.17, 15) is 8.42 Å². The highest BCUT2D eigenvalue weighted by atomic mass is 32.2. The molecule has 0 spiro atoms. The van der Waals surface area contributed by atoms with Crippen LogP contribution >= 0.6 is 0 Å². The number of methoxy groups -OCH3 is 1. The summed E-state index contributed by atoms with van der Waals surface area (Å²) in [7, 11) is -1.72. The molecular weight excluding hydrogens is 204 g/mol. The van der Waals surface area contributed by atoms with Crippen LogP contribution in [0.3, 0.4) is 0 Å². The van der Waals surface area contributed by atoms with Crippen LogP contribution in [-0.2, 0) is 14.9 Å². The number of nitrogens with zero attached hydrogens (tertiary/aromatic N) is 1. The molecule has 1 saturated heterocycles. The summed E-state index contributed by atoms with van der Waals surface area (Å²) in [6.07, 6.45) is 1.92. The smallest absolute Gasteiger partial charge is 0.279 e. The molecule has 0 aromatic rings. The topological polar surface area (TPSA) is 58.6 Å². The van der Waals surface area contributed by atoms with Gasteiger partial charge in [0.1, 0.15) is 0 Å². The van der Waals surface area contributed by atoms with E-state index < -0.39 is 10.2 Å². The summed E-state index contributed by atoms with van der Waals surface area (Å²) in [5.41, 5.74) is 0. The van der Waals surface area contributed by atoms with Gasteiger partial charge in [-0.15, -0.1) is 0 Å². The van der Waals surface area contributed by atoms with Crippen molar-refractivity contribution >= 4 is 10.2 Å². The van der Waals surface area contributed by atoms with E-state index in [2.05, 4.69) is 4.72 Å². The first kappa shape index (κ1) is 11.9. The van der Waals surface area contributed by atoms with E-state index in [-0.39, 0.29) is 6.04 Å². The van der Waals surface area contributed by atoms with E-state index in [1.807, 2.05) is 0 Å². The predicted molar refractivity (Wildman–Crippen MR) is 54.2 cm³/mol. The Kier molecular flexibility index (Phi) is 4.31. The number of rotatable bonds is 5. The minimum Gasteiger partial charge on any atom is -0.383 e. The van der Waals surface area contributed by atoms with Gasteiger partial charge in [0.25, 0.3) is 10.2 Å². The van der Waals surface area contributed by atoms with Crippen LogP contribution in [0.4, 0.5) is 0 Å². The Balaban J connectivity index is 2.48. The molecule has 84 valence electrons. The van der Waals surface area contributed by atoms with Crippen LogP contribution in [0.5, 0.6) is 0 Å². The largest absolute Gasteiger partial charge is 0.383 e. The molecule has 14 heavy (non-hydrogen) atoms. The minimum absolute atomic E-state index is 0.175. The highest BCUT2D eigenvalue weighted by Crippen LogP contribution is 2.11. The summed E-state index contributed by atoms with van der Waals surface area (Å²) in [5, 5.41) is 0. The Morgan fingerprint density at radius 3 is 2.50 bits per heavy atom. The second-order valence-corrected chi connectivity index (χ2v) is 5.29. The Morgan fingerprint density at radius 2 is 2.00 bits per heavy atom. The van der Waals surface area contributed by atoms with Crippen molar-refractivity contribution in [2.45, 2.75) is 25.8 Å². The van der Waals surface area contributed by atoms with E-state index in [1.54, 1.807) is 14.0 Å². The molecule has 0 amide bonds. The van der Waals surface area contributed by atoms with Crippen molar-refractivity contribution in [1.82, 2.24) is 9.03 Å². The van der Waals surface area contributed by atoms with Gasteiger partial charge in [-0.1, -0.05) is 0 Å². The minimum atomic E-state index is -3.28. The van der Waals surface area contributed by atoms with Gasteiger partial charge in [-0.05, 0) is 19.8 Å². The van der Waals surface area contributed by atoms with Crippen molar-refractivity contribution in [3.05, 3.63) is 0 Å². The van der Waals surface area contributed by atoms with Crippen molar-refractivity contribution < 1.29 is 13.2 Å². The molecule has 1 rings (SSSR count). The molecule has 0 aromatic carbocycles. The lowest BCUT2D eigenvalue weighted by Gasteiger charge is -2.19. The number of ether oxygens (including phenoxy) is 1. The average molecular weight is 222 g/mol. The zero-order chi connectivity index (χ0) is 10.6. The first-order valence-corrected chi connectivity index (χ1v) is 6.26. The molecule has 1 aliphatic heterocycles. The van der Waals surface area contributed by atoms with Crippen molar-refractivity contribution in [3.63, 3.8) is 0 Å². The van der Waals surface area contributed by atoms with Crippen LogP contribution in [0.1, 0.15) is 19.8 Å². The molecule has 1 unspecified atom stereocenters. The molecule has 0 radical (unpaired) electrons. The first-order chi connectivity index (χ1) is 6.56. The van der Waals surface area contributed by atoms with Gasteiger partial charge in [0.05, 0.1) is 6.61 Å². The Bertz CT molecular complexity index is 260. The lowest BCUT2D eigenvalue weighted by atomic mass is 10.4. The number of hydrogen-bond acceptors (Lipinski definition) is 3. The summed E-state index contributed by atoms with van der Waals surface area (Å²) < 4.78 is 32.3. The van der Waals surface area contributed by atoms with E-state index >= 15 is 0 Å². The molecule has 1 aliphatic rings. The van der Waals surface area contributed by atoms with Crippen LogP contribution in [-0.4, -0.2) is 45.6 Å². The zero-order valence-corrected chi connectivity index (χ0v) is 9.51. The van der Waals surface area contributed by atoms with Gasteiger partial charge in [-0.25, -0.2) is 0 Å². The van der Waals surface area contributed by atoms with Crippen LogP contribution in [0.2, 0.25) is 0 Å². The van der Waals surface area contributed by atoms with Gasteiger partial charge in [0.15, 0.2) is 0 Å². The van der Waals surface area contributed by atoms with Crippen LogP contribution in [0.25, 0.3) is 0 Å². The van der Waals surface area contributed by atoms with Gasteiger partial charge in [0.2, 0.25) is 0 Å². The SMILES string of the molecule is COCC(C)NS(=O)(=O)N1CCCC1. The second-order valence-electron chi connectivity index (χ2n) is 3.59. The van der Waals surface area contributed by atoms with Crippen molar-refractivity contribution in [1.29, 1.82) is 0 Å². The molecule has 5 nitrogen and oxygen atoms in total. The maximum absolute atomic E-state index is 11.7. The summed E-state index contributed by atoms with van der Waals surface area (Å²) in [5.74, 6) is 0. The normalized spacial score (nSPS) is 21.3. The summed E-state index contributed by atoms with van der Waals surface area (Å²) in [6.45, 7) is 3.45. The lowest BCUT2D eigenvalue weighted by Crippen LogP contribution is -2.44. The molecule has 1 fully saturated rings. The highest BCUT2D eigenvalue weighted by molar-refractivity contribution is 7.87. The first-order valence-electron chi connectivity index (χ1n) is 4.82. The van der Waals surface area contributed by atoms with E-state index in [1.165, 1.54) is 4.31 Å². The van der Waals surface area contributed by atoms with E-state index in [4.69, 9.17) is 4.74 Å². The van der Waals surface area contributed by atoms with Crippen LogP contribution < -0.4 is 4.72 Å². The molecule has 0 saturated carbocycles. The fraction of sp³-hybridized carbons (Fsp3) is 1.00. The maximum atomic E-state index is 11.7. The van der Waals surface area contributed by atoms with E-state index in [0.29, 0.717) is 19.7 Å². The van der Waals surface area contributed by atoms with Gasteiger partial charge >= 0.3 is 0 Å². The summed E-state index contributed by atoms with van der Waals surface area (Å²) >= 11 is 0. The molecule has 1 N–H and O–H groups in total. The monoisotopic (exact) mass is 222 g/mol. The summed E-state index contributed by atoms with van der Waals surface area (Å²) in [6, 6.07) is -0.175. The molecule has 0 aliphatic carbocycles. The molecule has 0 aromatic heterocycles. The van der Waals surface area contributed by atoms with E-state index in [0.717, 1.165) is 12.8 Å². The zero-order valence-electron chi connectivity index (χ0n) is 8.69. The van der Waals surface area contributed by atoms with Gasteiger partial charge in [0, 0.05) is 26.2 Å². The molecule has 1 atom stereocenters. The predicted octanol–water partition coefficient (Wildman–Crippen LogP) is -0.0485. The second kappa shape index (κ2) is 5.06. The van der Waals surface area contributed by atoms with Gasteiger partial charge in [-0.2, -0.15) is 17.4 Å². The third kappa shape index (κ3) is 3.20. The standard InChI is InChI=1S/C8H18N2O3S/c1-8(7-13-2)9-14(11,12)10-5-3-4-6-10/h8-9H,3-7H2,1-2H3. The van der Waals surface area contributed by atoms with Gasteiger partial charge < -0.3 is 4.74 Å². The Hall–Kier alpha value is -0.170. The highest BCUT2D eigenvalue weighted by Gasteiger charge is 2.26. The lowest BCUT2D eigenvalue weighted by molar-refractivity contribution is 0.179. The van der Waals surface area contributed by atoms with Crippen molar-refractivity contribution in [2.24, 2.45) is 0 Å². The van der Waals surface area contributed by atoms with Gasteiger partial charge in [-0.3, -0.25) is 0 Å². The molecule has 6 heteroatoms. The third-order valence-electron chi connectivity index (χ3n) is 2.17. The van der Waals surface area contributed by atoms with Crippen molar-refractivity contribution in [2.75, 3.05) is 26.8 Å². The van der Waals surface area contributed by atoms with Crippen molar-refractivity contribution in [3.8, 4) is 0 Å². The Labute approximate surface area is 85.6 Å². The maximum Gasteiger partial charge on any atom is 0.279 e. The fourth-order valence-electron chi connectivity index (χ4n) is 1.54. The average Bonchev–Trinajstić information content (AvgIpc) is 2.54.